The van der Waals surface area contributed by atoms with Crippen LogP contribution in [0.2, 0.25) is 10.0 Å². The summed E-state index contributed by atoms with van der Waals surface area (Å²) >= 11 is 11.2. The molecule has 2 nitrogen and oxygen atoms in total. The summed E-state index contributed by atoms with van der Waals surface area (Å²) in [6.45, 7) is 0. The molecule has 8 heteroatoms. The number of alkyl halides is 3. The molecule has 2 rings (SSSR count). The van der Waals surface area contributed by atoms with Gasteiger partial charge in [0.1, 0.15) is 11.8 Å². The van der Waals surface area contributed by atoms with Crippen LogP contribution in [0, 0.1) is 17.1 Å². The maximum Gasteiger partial charge on any atom is 0.417 e. The fourth-order valence-electron chi connectivity index (χ4n) is 1.60. The molecule has 0 N–H and O–H groups in total. The van der Waals surface area contributed by atoms with Crippen LogP contribution >= 0.6 is 23.2 Å². The van der Waals surface area contributed by atoms with E-state index < -0.39 is 28.3 Å². The van der Waals surface area contributed by atoms with Gasteiger partial charge in [0.2, 0.25) is 0 Å². The first kappa shape index (κ1) is 16.4. The van der Waals surface area contributed by atoms with Crippen LogP contribution in [-0.2, 0) is 6.18 Å². The minimum Gasteiger partial charge on any atom is -0.454 e. The summed E-state index contributed by atoms with van der Waals surface area (Å²) in [5, 5.41) is 8.12. The molecule has 0 aliphatic heterocycles. The lowest BCUT2D eigenvalue weighted by atomic mass is 10.2. The molecular formula is C14H5Cl2F4NO. The van der Waals surface area contributed by atoms with Gasteiger partial charge in [0.25, 0.3) is 0 Å². The van der Waals surface area contributed by atoms with Crippen molar-refractivity contribution in [3.05, 3.63) is 57.3 Å². The lowest BCUT2D eigenvalue weighted by Gasteiger charge is -2.12. The largest absolute Gasteiger partial charge is 0.454 e. The zero-order valence-electron chi connectivity index (χ0n) is 10.5. The number of ether oxygens (including phenoxy) is 1. The summed E-state index contributed by atoms with van der Waals surface area (Å²) in [5.74, 6) is -1.60. The second kappa shape index (κ2) is 6.03. The highest BCUT2D eigenvalue weighted by Gasteiger charge is 2.33. The van der Waals surface area contributed by atoms with E-state index in [4.69, 9.17) is 33.2 Å². The second-order valence-electron chi connectivity index (χ2n) is 4.12. The van der Waals surface area contributed by atoms with Crippen LogP contribution in [0.5, 0.6) is 11.5 Å². The van der Waals surface area contributed by atoms with E-state index in [0.717, 1.165) is 24.3 Å². The van der Waals surface area contributed by atoms with Gasteiger partial charge in [0.05, 0.1) is 21.2 Å². The average molecular weight is 350 g/mol. The average Bonchev–Trinajstić information content (AvgIpc) is 2.43. The Labute approximate surface area is 132 Å². The fourth-order valence-corrected chi connectivity index (χ4v) is 2.03. The molecule has 0 aliphatic rings. The highest BCUT2D eigenvalue weighted by Crippen LogP contribution is 2.38. The van der Waals surface area contributed by atoms with Gasteiger partial charge in [-0.1, -0.05) is 23.2 Å². The molecule has 2 aromatic carbocycles. The van der Waals surface area contributed by atoms with Crippen LogP contribution in [0.25, 0.3) is 0 Å². The molecule has 0 fully saturated rings. The van der Waals surface area contributed by atoms with Crippen molar-refractivity contribution in [2.75, 3.05) is 0 Å². The monoisotopic (exact) mass is 349 g/mol. The molecule has 0 radical (unpaired) electrons. The summed E-state index contributed by atoms with van der Waals surface area (Å²) in [5.41, 5.74) is -1.22. The number of nitriles is 1. The molecule has 114 valence electrons. The number of hydrogen-bond acceptors (Lipinski definition) is 2. The SMILES string of the molecule is N#Cc1cc(F)c(Oc2ccc(Cl)c(C(F)(F)F)c2)cc1Cl. The van der Waals surface area contributed by atoms with Crippen molar-refractivity contribution >= 4 is 23.2 Å². The predicted molar refractivity (Wildman–Crippen MR) is 72.7 cm³/mol. The van der Waals surface area contributed by atoms with Crippen molar-refractivity contribution in [3.63, 3.8) is 0 Å². The predicted octanol–water partition coefficient (Wildman–Crippen LogP) is 5.82. The van der Waals surface area contributed by atoms with Crippen molar-refractivity contribution in [3.8, 4) is 17.6 Å². The molecule has 0 atom stereocenters. The normalized spacial score (nSPS) is 11.1. The maximum absolute atomic E-state index is 13.7. The van der Waals surface area contributed by atoms with Gasteiger partial charge in [-0.2, -0.15) is 18.4 Å². The third-order valence-corrected chi connectivity index (χ3v) is 3.26. The van der Waals surface area contributed by atoms with Crippen molar-refractivity contribution in [2.45, 2.75) is 6.18 Å². The summed E-state index contributed by atoms with van der Waals surface area (Å²) in [7, 11) is 0. The summed E-state index contributed by atoms with van der Waals surface area (Å²) in [6.07, 6.45) is -4.67. The highest BCUT2D eigenvalue weighted by atomic mass is 35.5. The smallest absolute Gasteiger partial charge is 0.417 e. The fraction of sp³-hybridized carbons (Fsp3) is 0.0714. The third kappa shape index (κ3) is 3.43. The third-order valence-electron chi connectivity index (χ3n) is 2.61. The van der Waals surface area contributed by atoms with E-state index in [1.54, 1.807) is 6.07 Å². The molecule has 0 spiro atoms. The van der Waals surface area contributed by atoms with Gasteiger partial charge in [-0.05, 0) is 24.3 Å². The lowest BCUT2D eigenvalue weighted by Crippen LogP contribution is -2.06. The van der Waals surface area contributed by atoms with Gasteiger partial charge >= 0.3 is 6.18 Å². The summed E-state index contributed by atoms with van der Waals surface area (Å²) < 4.78 is 57.0. The van der Waals surface area contributed by atoms with Gasteiger partial charge in [-0.25, -0.2) is 4.39 Å². The van der Waals surface area contributed by atoms with E-state index in [0.29, 0.717) is 6.07 Å². The summed E-state index contributed by atoms with van der Waals surface area (Å²) in [6, 6.07) is 6.30. The highest BCUT2D eigenvalue weighted by molar-refractivity contribution is 6.32. The molecule has 0 aliphatic carbocycles. The molecule has 0 aromatic heterocycles. The molecule has 22 heavy (non-hydrogen) atoms. The van der Waals surface area contributed by atoms with E-state index >= 15 is 0 Å². The van der Waals surface area contributed by atoms with E-state index in [-0.39, 0.29) is 16.3 Å². The van der Waals surface area contributed by atoms with Crippen molar-refractivity contribution in [1.29, 1.82) is 5.26 Å². The minimum atomic E-state index is -4.67. The van der Waals surface area contributed by atoms with E-state index in [1.807, 2.05) is 0 Å². The Bertz CT molecular complexity index is 769. The van der Waals surface area contributed by atoms with Crippen LogP contribution in [0.15, 0.2) is 30.3 Å². The maximum atomic E-state index is 13.7. The molecular weight excluding hydrogens is 345 g/mol. The first-order valence-electron chi connectivity index (χ1n) is 5.66. The Morgan fingerprint density at radius 2 is 1.73 bits per heavy atom. The molecule has 2 aromatic rings. The standard InChI is InChI=1S/C14H5Cl2F4NO/c15-10-2-1-8(4-9(10)14(18,19)20)22-13-5-11(16)7(6-21)3-12(13)17/h1-5H. The lowest BCUT2D eigenvalue weighted by molar-refractivity contribution is -0.137. The molecule has 0 amide bonds. The van der Waals surface area contributed by atoms with Crippen molar-refractivity contribution < 1.29 is 22.3 Å². The Kier molecular flexibility index (Phi) is 4.50. The van der Waals surface area contributed by atoms with Gasteiger partial charge in [-0.3, -0.25) is 0 Å². The quantitative estimate of drug-likeness (QED) is 0.640. The molecule has 0 saturated carbocycles. The Morgan fingerprint density at radius 1 is 1.05 bits per heavy atom. The van der Waals surface area contributed by atoms with E-state index in [9.17, 15) is 17.6 Å². The number of rotatable bonds is 2. The minimum absolute atomic E-state index is 0.0797. The zero-order chi connectivity index (χ0) is 16.5. The second-order valence-corrected chi connectivity index (χ2v) is 4.93. The molecule has 0 bridgehead atoms. The topological polar surface area (TPSA) is 33.0 Å². The number of nitrogens with zero attached hydrogens (tertiary/aromatic N) is 1. The number of halogens is 6. The van der Waals surface area contributed by atoms with Gasteiger partial charge < -0.3 is 4.74 Å². The Balaban J connectivity index is 2.40. The van der Waals surface area contributed by atoms with Crippen LogP contribution < -0.4 is 4.74 Å². The van der Waals surface area contributed by atoms with Crippen LogP contribution in [0.3, 0.4) is 0 Å². The number of hydrogen-bond donors (Lipinski definition) is 0. The van der Waals surface area contributed by atoms with Crippen LogP contribution in [0.4, 0.5) is 17.6 Å². The molecule has 0 heterocycles. The zero-order valence-corrected chi connectivity index (χ0v) is 12.0. The van der Waals surface area contributed by atoms with Crippen molar-refractivity contribution in [1.82, 2.24) is 0 Å². The first-order chi connectivity index (χ1) is 10.2. The van der Waals surface area contributed by atoms with Gasteiger partial charge in [-0.15, -0.1) is 0 Å². The Hall–Kier alpha value is -1.97. The van der Waals surface area contributed by atoms with Crippen molar-refractivity contribution in [2.24, 2.45) is 0 Å². The first-order valence-corrected chi connectivity index (χ1v) is 6.41. The number of benzene rings is 2. The van der Waals surface area contributed by atoms with E-state index in [2.05, 4.69) is 0 Å². The molecule has 0 unspecified atom stereocenters. The van der Waals surface area contributed by atoms with E-state index in [1.165, 1.54) is 0 Å². The van der Waals surface area contributed by atoms with Crippen LogP contribution in [0.1, 0.15) is 11.1 Å². The van der Waals surface area contributed by atoms with Gasteiger partial charge in [0.15, 0.2) is 11.6 Å². The van der Waals surface area contributed by atoms with Gasteiger partial charge in [0, 0.05) is 6.07 Å². The van der Waals surface area contributed by atoms with Crippen LogP contribution in [-0.4, -0.2) is 0 Å². The Morgan fingerprint density at radius 3 is 2.32 bits per heavy atom. The summed E-state index contributed by atoms with van der Waals surface area (Å²) in [4.78, 5) is 0. The molecule has 0 saturated heterocycles.